The number of benzene rings is 2. The van der Waals surface area contributed by atoms with Crippen molar-refractivity contribution in [3.63, 3.8) is 0 Å². The minimum absolute atomic E-state index is 0.135. The molecule has 0 fully saturated rings. The molecule has 0 radical (unpaired) electrons. The van der Waals surface area contributed by atoms with Gasteiger partial charge >= 0.3 is 0 Å². The zero-order chi connectivity index (χ0) is 13.5. The van der Waals surface area contributed by atoms with Crippen LogP contribution in [0.25, 0.3) is 0 Å². The van der Waals surface area contributed by atoms with Gasteiger partial charge in [-0.05, 0) is 29.2 Å². The largest absolute Gasteiger partial charge is 0.284 e. The number of alkyl halides is 2. The Kier molecular flexibility index (Phi) is 3.36. The Morgan fingerprint density at radius 2 is 1.74 bits per heavy atom. The smallest absolute Gasteiger partial charge is 0.197 e. The molecule has 0 saturated heterocycles. The normalized spacial score (nSPS) is 14.5. The van der Waals surface area contributed by atoms with E-state index in [4.69, 9.17) is 0 Å². The first-order chi connectivity index (χ1) is 9.05. The number of fused-ring (bicyclic) bond motifs is 2. The van der Waals surface area contributed by atoms with Gasteiger partial charge in [0, 0.05) is 16.2 Å². The third kappa shape index (κ3) is 2.54. The molecule has 0 aliphatic carbocycles. The minimum atomic E-state index is -2.86. The van der Waals surface area contributed by atoms with E-state index in [1.165, 1.54) is 16.5 Å². The van der Waals surface area contributed by atoms with Crippen LogP contribution < -0.4 is 0 Å². The van der Waals surface area contributed by atoms with Gasteiger partial charge in [0.25, 0.3) is 5.66 Å². The lowest BCUT2D eigenvalue weighted by Crippen LogP contribution is -2.08. The molecule has 2 aromatic rings. The molecule has 1 atom stereocenters. The topological polar surface area (TPSA) is 0 Å². The van der Waals surface area contributed by atoms with Gasteiger partial charge in [0.1, 0.15) is 0 Å². The van der Waals surface area contributed by atoms with Crippen molar-refractivity contribution < 1.29 is 8.78 Å². The zero-order valence-corrected chi connectivity index (χ0v) is 12.2. The van der Waals surface area contributed by atoms with Crippen molar-refractivity contribution in [3.05, 3.63) is 64.7 Å². The predicted molar refractivity (Wildman–Crippen MR) is 78.9 cm³/mol. The highest BCUT2D eigenvalue weighted by molar-refractivity contribution is 7.98. The molecule has 19 heavy (non-hydrogen) atoms. The molecule has 0 spiro atoms. The fraction of sp³-hybridized carbons (Fsp3) is 0.200. The van der Waals surface area contributed by atoms with Gasteiger partial charge in [-0.3, -0.25) is 0 Å². The lowest BCUT2D eigenvalue weighted by atomic mass is 9.97. The van der Waals surface area contributed by atoms with E-state index >= 15 is 0 Å². The van der Waals surface area contributed by atoms with E-state index in [9.17, 15) is 8.78 Å². The summed E-state index contributed by atoms with van der Waals surface area (Å²) in [5, 5.41) is 0. The highest BCUT2D eigenvalue weighted by atomic mass is 32.2. The second-order valence-corrected chi connectivity index (χ2v) is 6.38. The van der Waals surface area contributed by atoms with Crippen LogP contribution in [0.4, 0.5) is 8.78 Å². The van der Waals surface area contributed by atoms with E-state index in [1.807, 2.05) is 18.2 Å². The van der Waals surface area contributed by atoms with Crippen LogP contribution >= 0.6 is 21.0 Å². The van der Waals surface area contributed by atoms with Gasteiger partial charge in [-0.15, -0.1) is 11.8 Å². The average molecular weight is 294 g/mol. The fourth-order valence-corrected chi connectivity index (χ4v) is 3.84. The maximum atomic E-state index is 13.7. The van der Waals surface area contributed by atoms with E-state index in [0.717, 1.165) is 17.5 Å². The van der Waals surface area contributed by atoms with Crippen LogP contribution in [0.1, 0.15) is 22.3 Å². The second kappa shape index (κ2) is 4.88. The van der Waals surface area contributed by atoms with Crippen LogP contribution in [0.5, 0.6) is 0 Å². The molecule has 0 bridgehead atoms. The first-order valence-electron chi connectivity index (χ1n) is 6.04. The summed E-state index contributed by atoms with van der Waals surface area (Å²) in [4.78, 5) is 1.19. The van der Waals surface area contributed by atoms with Gasteiger partial charge in [0.05, 0.1) is 0 Å². The maximum Gasteiger partial charge on any atom is 0.284 e. The molecule has 0 amide bonds. The highest BCUT2D eigenvalue weighted by Crippen LogP contribution is 2.42. The molecule has 4 heteroatoms. The third-order valence-electron chi connectivity index (χ3n) is 3.36. The van der Waals surface area contributed by atoms with Gasteiger partial charge in [0.2, 0.25) is 0 Å². The van der Waals surface area contributed by atoms with Gasteiger partial charge in [-0.25, -0.2) is 0 Å². The fourth-order valence-electron chi connectivity index (χ4n) is 2.43. The summed E-state index contributed by atoms with van der Waals surface area (Å²) >= 11 is 1.64. The summed E-state index contributed by atoms with van der Waals surface area (Å²) in [6.07, 6.45) is 0.729. The Balaban J connectivity index is 2.11. The summed E-state index contributed by atoms with van der Waals surface area (Å²) in [6.45, 7) is 0. The summed E-state index contributed by atoms with van der Waals surface area (Å²) in [5.74, 6) is 0.604. The second-order valence-electron chi connectivity index (χ2n) is 4.64. The lowest BCUT2D eigenvalue weighted by molar-refractivity contribution is 0.103. The first-order valence-corrected chi connectivity index (χ1v) is 7.60. The van der Waals surface area contributed by atoms with Crippen molar-refractivity contribution in [1.29, 1.82) is 0 Å². The van der Waals surface area contributed by atoms with Gasteiger partial charge in [0.15, 0.2) is 0 Å². The first kappa shape index (κ1) is 13.1. The molecule has 1 aliphatic heterocycles. The standard InChI is InChI=1S/C15H13F2PS/c16-15(17,18)13-6-3-5-10-8-11-4-1-2-7-14(11)19-9-12(10)13/h1-7H,8-9,18H2. The summed E-state index contributed by atoms with van der Waals surface area (Å²) in [5.41, 5.74) is 0.286. The molecule has 3 rings (SSSR count). The minimum Gasteiger partial charge on any atom is -0.197 e. The molecule has 1 unspecified atom stereocenters. The molecule has 1 heterocycles. The average Bonchev–Trinajstić information content (AvgIpc) is 2.55. The van der Waals surface area contributed by atoms with E-state index in [2.05, 4.69) is 12.1 Å². The number of rotatable bonds is 1. The molecule has 2 aromatic carbocycles. The van der Waals surface area contributed by atoms with Crippen LogP contribution in [0, 0.1) is 0 Å². The van der Waals surface area contributed by atoms with Crippen molar-refractivity contribution >= 4 is 21.0 Å². The third-order valence-corrected chi connectivity index (χ3v) is 4.81. The Bertz CT molecular complexity index is 620. The molecular weight excluding hydrogens is 281 g/mol. The molecular formula is C15H13F2PS. The SMILES string of the molecule is FC(F)(P)c1cccc2c1CSc1ccccc1C2. The summed E-state index contributed by atoms with van der Waals surface area (Å²) in [6, 6.07) is 13.3. The molecule has 0 N–H and O–H groups in total. The quantitative estimate of drug-likeness (QED) is 0.680. The van der Waals surface area contributed by atoms with Gasteiger partial charge in [-0.2, -0.15) is 8.78 Å². The summed E-state index contributed by atoms with van der Waals surface area (Å²) in [7, 11) is 1.65. The number of halogens is 2. The number of hydrogen-bond acceptors (Lipinski definition) is 1. The molecule has 0 aromatic heterocycles. The van der Waals surface area contributed by atoms with Crippen molar-refractivity contribution in [2.24, 2.45) is 0 Å². The molecule has 0 saturated carbocycles. The van der Waals surface area contributed by atoms with E-state index < -0.39 is 5.66 Å². The zero-order valence-electron chi connectivity index (χ0n) is 10.2. The van der Waals surface area contributed by atoms with Crippen molar-refractivity contribution in [2.75, 3.05) is 0 Å². The van der Waals surface area contributed by atoms with Crippen LogP contribution in [-0.4, -0.2) is 0 Å². The van der Waals surface area contributed by atoms with Crippen LogP contribution in [0.15, 0.2) is 47.4 Å². The van der Waals surface area contributed by atoms with Gasteiger partial charge in [-0.1, -0.05) is 45.6 Å². The van der Waals surface area contributed by atoms with E-state index in [1.54, 1.807) is 27.1 Å². The number of hydrogen-bond donors (Lipinski definition) is 0. The Hall–Kier alpha value is -0.920. The Morgan fingerprint density at radius 1 is 1.00 bits per heavy atom. The number of thioether (sulfide) groups is 1. The molecule has 0 nitrogen and oxygen atoms in total. The molecule has 1 aliphatic rings. The predicted octanol–water partition coefficient (Wildman–Crippen LogP) is 4.81. The van der Waals surface area contributed by atoms with Gasteiger partial charge < -0.3 is 0 Å². The highest BCUT2D eigenvalue weighted by Gasteiger charge is 2.29. The van der Waals surface area contributed by atoms with E-state index in [-0.39, 0.29) is 5.56 Å². The monoisotopic (exact) mass is 294 g/mol. The lowest BCUT2D eigenvalue weighted by Gasteiger charge is -2.17. The maximum absolute atomic E-state index is 13.7. The Morgan fingerprint density at radius 3 is 2.53 bits per heavy atom. The molecule has 98 valence electrons. The Labute approximate surface area is 117 Å². The van der Waals surface area contributed by atoms with Crippen LogP contribution in [0.2, 0.25) is 0 Å². The summed E-state index contributed by atoms with van der Waals surface area (Å²) < 4.78 is 27.3. The van der Waals surface area contributed by atoms with E-state index in [0.29, 0.717) is 5.75 Å². The van der Waals surface area contributed by atoms with Crippen LogP contribution in [-0.2, 0) is 17.8 Å². The van der Waals surface area contributed by atoms with Crippen molar-refractivity contribution in [1.82, 2.24) is 0 Å². The van der Waals surface area contributed by atoms with Crippen molar-refractivity contribution in [3.8, 4) is 0 Å². The van der Waals surface area contributed by atoms with Crippen molar-refractivity contribution in [2.45, 2.75) is 22.7 Å². The van der Waals surface area contributed by atoms with Crippen LogP contribution in [0.3, 0.4) is 0 Å².